The first-order valence-electron chi connectivity index (χ1n) is 7.74. The highest BCUT2D eigenvalue weighted by Gasteiger charge is 2.19. The number of benzene rings is 2. The van der Waals surface area contributed by atoms with Crippen LogP contribution in [-0.2, 0) is 14.6 Å². The Morgan fingerprint density at radius 2 is 1.73 bits per heavy atom. The van der Waals surface area contributed by atoms with E-state index >= 15 is 0 Å². The van der Waals surface area contributed by atoms with Crippen molar-refractivity contribution in [1.29, 1.82) is 0 Å². The van der Waals surface area contributed by atoms with Crippen molar-refractivity contribution >= 4 is 22.3 Å². The van der Waals surface area contributed by atoms with Crippen LogP contribution in [0.25, 0.3) is 28.5 Å². The third kappa shape index (κ3) is 3.43. The van der Waals surface area contributed by atoms with Crippen molar-refractivity contribution in [3.8, 4) is 22.4 Å². The van der Waals surface area contributed by atoms with Crippen LogP contribution in [0.1, 0.15) is 5.76 Å². The lowest BCUT2D eigenvalue weighted by Gasteiger charge is -2.06. The van der Waals surface area contributed by atoms with Gasteiger partial charge in [-0.1, -0.05) is 54.2 Å². The smallest absolute Gasteiger partial charge is 0.207 e. The standard InChI is InChI=1S/C19H16N2O4S/c1-2-17-18(19(21-25-17)15-6-4-3-5-7-15)14-8-10-16(11-9-14)26(23,24)13-20-12-22/h2-12H,1,13H2,(H,20,22). The Labute approximate surface area is 151 Å². The zero-order valence-corrected chi connectivity index (χ0v) is 14.6. The molecule has 132 valence electrons. The maximum Gasteiger partial charge on any atom is 0.207 e. The quantitative estimate of drug-likeness (QED) is 0.647. The van der Waals surface area contributed by atoms with Crippen LogP contribution in [0, 0.1) is 0 Å². The topological polar surface area (TPSA) is 89.3 Å². The fourth-order valence-electron chi connectivity index (χ4n) is 2.57. The molecule has 1 aromatic heterocycles. The van der Waals surface area contributed by atoms with Crippen LogP contribution in [0.3, 0.4) is 0 Å². The summed E-state index contributed by atoms with van der Waals surface area (Å²) in [6.45, 7) is 3.74. The van der Waals surface area contributed by atoms with E-state index < -0.39 is 15.7 Å². The van der Waals surface area contributed by atoms with Crippen LogP contribution < -0.4 is 5.32 Å². The molecule has 3 rings (SSSR count). The molecule has 1 heterocycles. The molecule has 0 bridgehead atoms. The first-order chi connectivity index (χ1) is 12.6. The maximum absolute atomic E-state index is 12.1. The van der Waals surface area contributed by atoms with Gasteiger partial charge in [0.15, 0.2) is 15.6 Å². The molecule has 0 spiro atoms. The summed E-state index contributed by atoms with van der Waals surface area (Å²) in [5, 5.41) is 6.30. The van der Waals surface area contributed by atoms with Crippen molar-refractivity contribution in [1.82, 2.24) is 10.5 Å². The fourth-order valence-corrected chi connectivity index (χ4v) is 3.58. The molecule has 0 fully saturated rings. The molecular formula is C19H16N2O4S. The Balaban J connectivity index is 2.04. The molecule has 0 atom stereocenters. The summed E-state index contributed by atoms with van der Waals surface area (Å²) in [6, 6.07) is 15.9. The summed E-state index contributed by atoms with van der Waals surface area (Å²) < 4.78 is 29.6. The predicted molar refractivity (Wildman–Crippen MR) is 98.7 cm³/mol. The van der Waals surface area contributed by atoms with Crippen molar-refractivity contribution < 1.29 is 17.7 Å². The van der Waals surface area contributed by atoms with E-state index in [0.29, 0.717) is 17.9 Å². The van der Waals surface area contributed by atoms with Gasteiger partial charge in [-0.2, -0.15) is 0 Å². The molecule has 3 aromatic rings. The van der Waals surface area contributed by atoms with Crippen molar-refractivity contribution in [3.63, 3.8) is 0 Å². The van der Waals surface area contributed by atoms with Crippen LogP contribution in [0.4, 0.5) is 0 Å². The molecule has 0 aliphatic rings. The third-order valence-corrected chi connectivity index (χ3v) is 5.35. The van der Waals surface area contributed by atoms with E-state index in [4.69, 9.17) is 4.52 Å². The van der Waals surface area contributed by atoms with E-state index in [9.17, 15) is 13.2 Å². The lowest BCUT2D eigenvalue weighted by Crippen LogP contribution is -2.21. The molecule has 0 unspecified atom stereocenters. The normalized spacial score (nSPS) is 11.1. The Kier molecular flexibility index (Phi) is 4.99. The lowest BCUT2D eigenvalue weighted by atomic mass is 9.99. The van der Waals surface area contributed by atoms with Crippen molar-refractivity contribution in [2.75, 3.05) is 5.88 Å². The SMILES string of the molecule is C=Cc1onc(-c2ccccc2)c1-c1ccc(S(=O)(=O)CNC=O)cc1. The van der Waals surface area contributed by atoms with E-state index in [1.165, 1.54) is 12.1 Å². The lowest BCUT2D eigenvalue weighted by molar-refractivity contribution is -0.109. The molecule has 0 saturated heterocycles. The van der Waals surface area contributed by atoms with E-state index in [2.05, 4.69) is 17.1 Å². The molecular weight excluding hydrogens is 352 g/mol. The van der Waals surface area contributed by atoms with Crippen molar-refractivity contribution in [2.45, 2.75) is 4.90 Å². The monoisotopic (exact) mass is 368 g/mol. The molecule has 1 N–H and O–H groups in total. The van der Waals surface area contributed by atoms with Gasteiger partial charge in [0.05, 0.1) is 10.5 Å². The van der Waals surface area contributed by atoms with Gasteiger partial charge in [0.25, 0.3) is 0 Å². The Morgan fingerprint density at radius 3 is 2.35 bits per heavy atom. The number of rotatable bonds is 7. The zero-order chi connectivity index (χ0) is 18.6. The van der Waals surface area contributed by atoms with Crippen molar-refractivity contribution in [3.05, 3.63) is 66.9 Å². The Morgan fingerprint density at radius 1 is 1.04 bits per heavy atom. The highest BCUT2D eigenvalue weighted by molar-refractivity contribution is 7.91. The second-order valence-corrected chi connectivity index (χ2v) is 7.44. The van der Waals surface area contributed by atoms with Crippen LogP contribution in [0.2, 0.25) is 0 Å². The van der Waals surface area contributed by atoms with E-state index in [0.717, 1.165) is 16.7 Å². The first kappa shape index (κ1) is 17.6. The van der Waals surface area contributed by atoms with Gasteiger partial charge in [0.1, 0.15) is 11.6 Å². The van der Waals surface area contributed by atoms with E-state index in [1.807, 2.05) is 30.3 Å². The van der Waals surface area contributed by atoms with Gasteiger partial charge in [-0.15, -0.1) is 0 Å². The maximum atomic E-state index is 12.1. The number of sulfone groups is 1. The van der Waals surface area contributed by atoms with Crippen LogP contribution >= 0.6 is 0 Å². The van der Waals surface area contributed by atoms with Gasteiger partial charge in [-0.05, 0) is 23.8 Å². The number of carbonyl (C=O) groups is 1. The summed E-state index contributed by atoms with van der Waals surface area (Å²) in [6.07, 6.45) is 1.92. The van der Waals surface area contributed by atoms with Crippen LogP contribution in [0.5, 0.6) is 0 Å². The van der Waals surface area contributed by atoms with Crippen molar-refractivity contribution in [2.24, 2.45) is 0 Å². The van der Waals surface area contributed by atoms with E-state index in [1.54, 1.807) is 18.2 Å². The molecule has 0 saturated carbocycles. The number of hydrogen-bond acceptors (Lipinski definition) is 5. The number of amides is 1. The molecule has 26 heavy (non-hydrogen) atoms. The average Bonchev–Trinajstić information content (AvgIpc) is 3.11. The van der Waals surface area contributed by atoms with Gasteiger partial charge >= 0.3 is 0 Å². The van der Waals surface area contributed by atoms with Gasteiger partial charge in [-0.3, -0.25) is 4.79 Å². The first-order valence-corrected chi connectivity index (χ1v) is 9.40. The number of nitrogens with one attached hydrogen (secondary N) is 1. The number of nitrogens with zero attached hydrogens (tertiary/aromatic N) is 1. The number of aromatic nitrogens is 1. The summed E-state index contributed by atoms with van der Waals surface area (Å²) in [4.78, 5) is 10.5. The number of carbonyl (C=O) groups excluding carboxylic acids is 1. The fraction of sp³-hybridized carbons (Fsp3) is 0.0526. The summed E-state index contributed by atoms with van der Waals surface area (Å²) in [5.41, 5.74) is 3.02. The molecule has 0 aliphatic heterocycles. The largest absolute Gasteiger partial charge is 0.356 e. The average molecular weight is 368 g/mol. The van der Waals surface area contributed by atoms with Gasteiger partial charge in [0, 0.05) is 5.56 Å². The second-order valence-electron chi connectivity index (χ2n) is 5.45. The summed E-state index contributed by atoms with van der Waals surface area (Å²) in [5.74, 6) is 0.0538. The molecule has 0 radical (unpaired) electrons. The van der Waals surface area contributed by atoms with Crippen LogP contribution in [0.15, 0.2) is 70.6 Å². The molecule has 0 aliphatic carbocycles. The molecule has 1 amide bonds. The predicted octanol–water partition coefficient (Wildman–Crippen LogP) is 3.13. The highest BCUT2D eigenvalue weighted by atomic mass is 32.2. The minimum atomic E-state index is -3.59. The second kappa shape index (κ2) is 7.37. The minimum absolute atomic E-state index is 0.119. The third-order valence-electron chi connectivity index (χ3n) is 3.81. The van der Waals surface area contributed by atoms with Gasteiger partial charge in [-0.25, -0.2) is 8.42 Å². The zero-order valence-electron chi connectivity index (χ0n) is 13.8. The van der Waals surface area contributed by atoms with E-state index in [-0.39, 0.29) is 4.90 Å². The molecule has 7 heteroatoms. The Hall–Kier alpha value is -3.19. The summed E-state index contributed by atoms with van der Waals surface area (Å²) >= 11 is 0. The molecule has 2 aromatic carbocycles. The van der Waals surface area contributed by atoms with Gasteiger partial charge in [0.2, 0.25) is 6.41 Å². The number of hydrogen-bond donors (Lipinski definition) is 1. The minimum Gasteiger partial charge on any atom is -0.356 e. The molecule has 6 nitrogen and oxygen atoms in total. The summed E-state index contributed by atoms with van der Waals surface area (Å²) in [7, 11) is -3.59. The highest BCUT2D eigenvalue weighted by Crippen LogP contribution is 2.35. The Bertz CT molecular complexity index is 1020. The van der Waals surface area contributed by atoms with Gasteiger partial charge < -0.3 is 9.84 Å². The van der Waals surface area contributed by atoms with Crippen LogP contribution in [-0.4, -0.2) is 25.9 Å².